The monoisotopic (exact) mass is 445 g/mol. The summed E-state index contributed by atoms with van der Waals surface area (Å²) < 4.78 is 15.1. The number of likely N-dealkylation sites (tertiary alicyclic amines) is 1. The zero-order valence-electron chi connectivity index (χ0n) is 17.8. The maximum absolute atomic E-state index is 13.4. The molecule has 0 saturated carbocycles. The molecule has 2 saturated heterocycles. The molecule has 0 aliphatic carbocycles. The average Bonchev–Trinajstić information content (AvgIpc) is 3.24. The lowest BCUT2D eigenvalue weighted by atomic mass is 10.1. The third-order valence-corrected chi connectivity index (χ3v) is 6.60. The van der Waals surface area contributed by atoms with Gasteiger partial charge in [0.05, 0.1) is 12.7 Å². The van der Waals surface area contributed by atoms with Crippen LogP contribution in [-0.4, -0.2) is 88.1 Å². The first-order chi connectivity index (χ1) is 15.1. The molecule has 9 heteroatoms. The Balaban J connectivity index is 1.40. The van der Waals surface area contributed by atoms with Gasteiger partial charge in [0.1, 0.15) is 11.5 Å². The highest BCUT2D eigenvalue weighted by Gasteiger charge is 2.28. The Labute approximate surface area is 186 Å². The molecule has 2 amide bonds. The Hall–Kier alpha value is -2.39. The second-order valence-electron chi connectivity index (χ2n) is 7.95. The Morgan fingerprint density at radius 3 is 2.29 bits per heavy atom. The van der Waals surface area contributed by atoms with Crippen LogP contribution in [0.5, 0.6) is 0 Å². The fourth-order valence-corrected chi connectivity index (χ4v) is 4.72. The molecule has 4 rings (SSSR count). The third kappa shape index (κ3) is 4.93. The molecule has 0 atom stereocenters. The number of piperazine rings is 1. The molecule has 7 nitrogen and oxygen atoms in total. The lowest BCUT2D eigenvalue weighted by molar-refractivity contribution is -0.133. The summed E-state index contributed by atoms with van der Waals surface area (Å²) in [5.74, 6) is -0.227. The van der Waals surface area contributed by atoms with Crippen LogP contribution in [0.1, 0.15) is 29.8 Å². The average molecular weight is 446 g/mol. The van der Waals surface area contributed by atoms with Gasteiger partial charge in [-0.25, -0.2) is 9.37 Å². The molecule has 2 fully saturated rings. The van der Waals surface area contributed by atoms with E-state index in [1.165, 1.54) is 30.3 Å². The van der Waals surface area contributed by atoms with Crippen molar-refractivity contribution in [2.24, 2.45) is 0 Å². The van der Waals surface area contributed by atoms with Gasteiger partial charge in [-0.3, -0.25) is 19.1 Å². The van der Waals surface area contributed by atoms with Gasteiger partial charge in [-0.15, -0.1) is 0 Å². The van der Waals surface area contributed by atoms with Gasteiger partial charge >= 0.3 is 0 Å². The second-order valence-corrected chi connectivity index (χ2v) is 8.73. The van der Waals surface area contributed by atoms with E-state index in [2.05, 4.69) is 9.88 Å². The van der Waals surface area contributed by atoms with Gasteiger partial charge in [0.25, 0.3) is 5.91 Å². The first-order valence-electron chi connectivity index (χ1n) is 10.7. The molecule has 31 heavy (non-hydrogen) atoms. The van der Waals surface area contributed by atoms with Gasteiger partial charge in [0, 0.05) is 45.0 Å². The number of rotatable bonds is 5. The van der Waals surface area contributed by atoms with Crippen molar-refractivity contribution in [1.82, 2.24) is 24.3 Å². The standard InChI is InChI=1S/C22H28FN5O2S/c1-31-22-24-15-19(28(22)18-7-5-17(23)6-8-18)21(30)27-13-11-25(12-14-27)16-20(29)26-9-3-2-4-10-26/h5-8,15H,2-4,9-14,16H2,1H3. The summed E-state index contributed by atoms with van der Waals surface area (Å²) in [5.41, 5.74) is 1.17. The number of piperidine rings is 1. The van der Waals surface area contributed by atoms with Crippen LogP contribution in [0.3, 0.4) is 0 Å². The second kappa shape index (κ2) is 9.82. The molecule has 1 aromatic heterocycles. The Morgan fingerprint density at radius 2 is 1.65 bits per heavy atom. The molecular formula is C22H28FN5O2S. The van der Waals surface area contributed by atoms with Crippen LogP contribution in [0.15, 0.2) is 35.6 Å². The van der Waals surface area contributed by atoms with Crippen molar-refractivity contribution in [3.63, 3.8) is 0 Å². The van der Waals surface area contributed by atoms with E-state index >= 15 is 0 Å². The summed E-state index contributed by atoms with van der Waals surface area (Å²) in [6, 6.07) is 6.06. The lowest BCUT2D eigenvalue weighted by Crippen LogP contribution is -2.52. The van der Waals surface area contributed by atoms with Crippen LogP contribution >= 0.6 is 11.8 Å². The molecule has 2 aliphatic rings. The largest absolute Gasteiger partial charge is 0.342 e. The number of amides is 2. The highest BCUT2D eigenvalue weighted by Crippen LogP contribution is 2.23. The Morgan fingerprint density at radius 1 is 0.968 bits per heavy atom. The minimum absolute atomic E-state index is 0.0980. The van der Waals surface area contributed by atoms with E-state index in [1.54, 1.807) is 22.9 Å². The third-order valence-electron chi connectivity index (χ3n) is 5.94. The molecule has 0 unspecified atom stereocenters. The van der Waals surface area contributed by atoms with E-state index in [1.807, 2.05) is 16.1 Å². The Bertz CT molecular complexity index is 918. The van der Waals surface area contributed by atoms with Crippen LogP contribution < -0.4 is 0 Å². The summed E-state index contributed by atoms with van der Waals surface area (Å²) in [7, 11) is 0. The van der Waals surface area contributed by atoms with Gasteiger partial charge in [-0.05, 0) is 49.8 Å². The molecule has 2 aromatic rings. The summed E-state index contributed by atoms with van der Waals surface area (Å²) in [4.78, 5) is 36.1. The van der Waals surface area contributed by atoms with Crippen LogP contribution in [0.25, 0.3) is 5.69 Å². The van der Waals surface area contributed by atoms with E-state index in [9.17, 15) is 14.0 Å². The summed E-state index contributed by atoms with van der Waals surface area (Å²) >= 11 is 1.44. The summed E-state index contributed by atoms with van der Waals surface area (Å²) in [6.07, 6.45) is 6.87. The number of carbonyl (C=O) groups is 2. The molecule has 0 radical (unpaired) electrons. The predicted octanol–water partition coefficient (Wildman–Crippen LogP) is 2.50. The molecule has 1 aromatic carbocycles. The first kappa shape index (κ1) is 21.8. The van der Waals surface area contributed by atoms with E-state index < -0.39 is 0 Å². The SMILES string of the molecule is CSc1ncc(C(=O)N2CCN(CC(=O)N3CCCCC3)CC2)n1-c1ccc(F)cc1. The quantitative estimate of drug-likeness (QED) is 0.662. The van der Waals surface area contributed by atoms with E-state index in [0.29, 0.717) is 49.3 Å². The van der Waals surface area contributed by atoms with Crippen molar-refractivity contribution in [2.75, 3.05) is 52.1 Å². The summed E-state index contributed by atoms with van der Waals surface area (Å²) in [5, 5.41) is 0.681. The first-order valence-corrected chi connectivity index (χ1v) is 12.0. The van der Waals surface area contributed by atoms with E-state index in [-0.39, 0.29) is 17.6 Å². The maximum atomic E-state index is 13.4. The van der Waals surface area contributed by atoms with Crippen LogP contribution in [0.2, 0.25) is 0 Å². The fraction of sp³-hybridized carbons (Fsp3) is 0.500. The molecule has 2 aliphatic heterocycles. The number of carbonyl (C=O) groups excluding carboxylic acids is 2. The number of hydrogen-bond acceptors (Lipinski definition) is 5. The lowest BCUT2D eigenvalue weighted by Gasteiger charge is -2.36. The number of thioether (sulfide) groups is 1. The minimum atomic E-state index is -0.322. The minimum Gasteiger partial charge on any atom is -0.342 e. The summed E-state index contributed by atoms with van der Waals surface area (Å²) in [6.45, 7) is 4.62. The number of halogens is 1. The topological polar surface area (TPSA) is 61.7 Å². The zero-order chi connectivity index (χ0) is 21.8. The van der Waals surface area contributed by atoms with E-state index in [0.717, 1.165) is 25.9 Å². The van der Waals surface area contributed by atoms with Crippen molar-refractivity contribution in [1.29, 1.82) is 0 Å². The van der Waals surface area contributed by atoms with Crippen molar-refractivity contribution in [3.05, 3.63) is 42.0 Å². The maximum Gasteiger partial charge on any atom is 0.272 e. The molecule has 0 bridgehead atoms. The molecule has 0 spiro atoms. The van der Waals surface area contributed by atoms with Crippen LogP contribution in [0, 0.1) is 5.82 Å². The number of benzene rings is 1. The Kier molecular flexibility index (Phi) is 6.92. The van der Waals surface area contributed by atoms with Crippen LogP contribution in [0.4, 0.5) is 4.39 Å². The van der Waals surface area contributed by atoms with Gasteiger partial charge in [-0.2, -0.15) is 0 Å². The smallest absolute Gasteiger partial charge is 0.272 e. The molecule has 0 N–H and O–H groups in total. The van der Waals surface area contributed by atoms with Gasteiger partial charge < -0.3 is 9.80 Å². The van der Waals surface area contributed by atoms with Gasteiger partial charge in [-0.1, -0.05) is 11.8 Å². The molecule has 3 heterocycles. The normalized spacial score (nSPS) is 17.7. The number of nitrogens with zero attached hydrogens (tertiary/aromatic N) is 5. The molecule has 166 valence electrons. The van der Waals surface area contributed by atoms with Crippen molar-refractivity contribution < 1.29 is 14.0 Å². The number of hydrogen-bond donors (Lipinski definition) is 0. The highest BCUT2D eigenvalue weighted by molar-refractivity contribution is 7.98. The van der Waals surface area contributed by atoms with Crippen molar-refractivity contribution in [3.8, 4) is 5.69 Å². The molecular weight excluding hydrogens is 417 g/mol. The van der Waals surface area contributed by atoms with Crippen LogP contribution in [-0.2, 0) is 4.79 Å². The number of aromatic nitrogens is 2. The van der Waals surface area contributed by atoms with Crippen molar-refractivity contribution in [2.45, 2.75) is 24.4 Å². The fourth-order valence-electron chi connectivity index (χ4n) is 4.18. The predicted molar refractivity (Wildman–Crippen MR) is 118 cm³/mol. The van der Waals surface area contributed by atoms with E-state index in [4.69, 9.17) is 0 Å². The van der Waals surface area contributed by atoms with Gasteiger partial charge in [0.2, 0.25) is 5.91 Å². The van der Waals surface area contributed by atoms with Crippen molar-refractivity contribution >= 4 is 23.6 Å². The zero-order valence-corrected chi connectivity index (χ0v) is 18.6. The number of imidazole rings is 1. The highest BCUT2D eigenvalue weighted by atomic mass is 32.2. The van der Waals surface area contributed by atoms with Gasteiger partial charge in [0.15, 0.2) is 5.16 Å².